The number of rotatable bonds is 4. The Bertz CT molecular complexity index is 902. The second-order valence-electron chi connectivity index (χ2n) is 5.76. The summed E-state index contributed by atoms with van der Waals surface area (Å²) >= 11 is 1.47. The summed E-state index contributed by atoms with van der Waals surface area (Å²) in [5.41, 5.74) is 3.27. The van der Waals surface area contributed by atoms with Gasteiger partial charge in [0.05, 0.1) is 0 Å². The Kier molecular flexibility index (Phi) is 3.82. The number of aryl methyl sites for hydroxylation is 2. The SMILES string of the molecule is Cc1ccc(C(=O)c2cn(C(C)C(=O)O)c3scc(C)c23)cc1. The molecule has 1 unspecified atom stereocenters. The van der Waals surface area contributed by atoms with Crippen LogP contribution in [0.5, 0.6) is 0 Å². The van der Waals surface area contributed by atoms with Crippen LogP contribution in [-0.4, -0.2) is 21.4 Å². The van der Waals surface area contributed by atoms with E-state index in [-0.39, 0.29) is 5.78 Å². The van der Waals surface area contributed by atoms with E-state index in [9.17, 15) is 14.7 Å². The van der Waals surface area contributed by atoms with E-state index in [1.54, 1.807) is 17.7 Å². The fourth-order valence-corrected chi connectivity index (χ4v) is 3.78. The number of benzene rings is 1. The molecule has 1 N–H and O–H groups in total. The minimum absolute atomic E-state index is 0.0761. The summed E-state index contributed by atoms with van der Waals surface area (Å²) in [4.78, 5) is 25.0. The minimum atomic E-state index is -0.915. The number of carbonyl (C=O) groups is 2. The van der Waals surface area contributed by atoms with Crippen molar-refractivity contribution in [2.75, 3.05) is 0 Å². The first kappa shape index (κ1) is 15.5. The highest BCUT2D eigenvalue weighted by molar-refractivity contribution is 7.17. The summed E-state index contributed by atoms with van der Waals surface area (Å²) in [6, 6.07) is 6.71. The van der Waals surface area contributed by atoms with Crippen molar-refractivity contribution in [1.29, 1.82) is 0 Å². The smallest absolute Gasteiger partial charge is 0.326 e. The van der Waals surface area contributed by atoms with Crippen molar-refractivity contribution in [3.8, 4) is 0 Å². The minimum Gasteiger partial charge on any atom is -0.480 e. The predicted octanol–water partition coefficient (Wildman–Crippen LogP) is 4.20. The van der Waals surface area contributed by atoms with Gasteiger partial charge in [0.15, 0.2) is 5.78 Å². The lowest BCUT2D eigenvalue weighted by atomic mass is 10.0. The van der Waals surface area contributed by atoms with Gasteiger partial charge in [-0.25, -0.2) is 4.79 Å². The zero-order valence-corrected chi connectivity index (χ0v) is 14.0. The lowest BCUT2D eigenvalue weighted by molar-refractivity contribution is -0.140. The van der Waals surface area contributed by atoms with Gasteiger partial charge in [-0.2, -0.15) is 0 Å². The zero-order valence-electron chi connectivity index (χ0n) is 13.2. The van der Waals surface area contributed by atoms with Crippen LogP contribution in [0.1, 0.15) is 40.0 Å². The molecular weight excluding hydrogens is 310 g/mol. The van der Waals surface area contributed by atoms with Crippen LogP contribution in [0.2, 0.25) is 0 Å². The van der Waals surface area contributed by atoms with E-state index in [4.69, 9.17) is 0 Å². The Morgan fingerprint density at radius 3 is 2.43 bits per heavy atom. The van der Waals surface area contributed by atoms with Gasteiger partial charge >= 0.3 is 5.97 Å². The number of hydrogen-bond donors (Lipinski definition) is 1. The number of aliphatic carboxylic acids is 1. The van der Waals surface area contributed by atoms with Gasteiger partial charge in [0.2, 0.25) is 0 Å². The molecule has 0 aliphatic carbocycles. The molecule has 0 amide bonds. The maximum Gasteiger partial charge on any atom is 0.326 e. The van der Waals surface area contributed by atoms with Crippen LogP contribution in [0, 0.1) is 13.8 Å². The molecule has 0 saturated heterocycles. The second-order valence-corrected chi connectivity index (χ2v) is 6.62. The number of carboxylic acid groups (broad SMARTS) is 1. The molecule has 0 fully saturated rings. The fourth-order valence-electron chi connectivity index (χ4n) is 2.65. The van der Waals surface area contributed by atoms with Crippen LogP contribution in [0.3, 0.4) is 0 Å². The third-order valence-electron chi connectivity index (χ3n) is 4.06. The van der Waals surface area contributed by atoms with Crippen molar-refractivity contribution in [2.45, 2.75) is 26.8 Å². The standard InChI is InChI=1S/C18H17NO3S/c1-10-4-6-13(7-5-10)16(20)14-8-19(12(3)18(21)22)17-15(14)11(2)9-23-17/h4-9,12H,1-3H3,(H,21,22). The topological polar surface area (TPSA) is 59.3 Å². The number of carboxylic acids is 1. The molecule has 0 aliphatic rings. The Balaban J connectivity index is 2.17. The van der Waals surface area contributed by atoms with Gasteiger partial charge in [-0.05, 0) is 31.7 Å². The summed E-state index contributed by atoms with van der Waals surface area (Å²) in [6.45, 7) is 5.54. The van der Waals surface area contributed by atoms with E-state index in [1.165, 1.54) is 11.3 Å². The molecule has 0 saturated carbocycles. The third-order valence-corrected chi connectivity index (χ3v) is 5.17. The maximum absolute atomic E-state index is 12.9. The summed E-state index contributed by atoms with van der Waals surface area (Å²) in [7, 11) is 0. The van der Waals surface area contributed by atoms with E-state index < -0.39 is 12.0 Å². The normalized spacial score (nSPS) is 12.5. The van der Waals surface area contributed by atoms with E-state index in [1.807, 2.05) is 43.5 Å². The van der Waals surface area contributed by atoms with Crippen molar-refractivity contribution in [1.82, 2.24) is 4.57 Å². The first-order valence-electron chi connectivity index (χ1n) is 7.33. The van der Waals surface area contributed by atoms with Crippen molar-refractivity contribution in [3.63, 3.8) is 0 Å². The second kappa shape index (κ2) is 5.66. The van der Waals surface area contributed by atoms with Crippen molar-refractivity contribution >= 4 is 33.3 Å². The molecule has 5 heteroatoms. The van der Waals surface area contributed by atoms with E-state index in [0.717, 1.165) is 21.3 Å². The Morgan fingerprint density at radius 2 is 1.83 bits per heavy atom. The first-order chi connectivity index (χ1) is 10.9. The number of nitrogens with zero attached hydrogens (tertiary/aromatic N) is 1. The molecule has 118 valence electrons. The molecule has 1 atom stereocenters. The average Bonchev–Trinajstić information content (AvgIpc) is 3.08. The van der Waals surface area contributed by atoms with E-state index in [2.05, 4.69) is 0 Å². The Labute approximate surface area is 138 Å². The van der Waals surface area contributed by atoms with Gasteiger partial charge in [-0.3, -0.25) is 4.79 Å². The van der Waals surface area contributed by atoms with Crippen molar-refractivity contribution in [3.05, 3.63) is 58.1 Å². The molecule has 0 aliphatic heterocycles. The van der Waals surface area contributed by atoms with Gasteiger partial charge in [-0.1, -0.05) is 29.8 Å². The van der Waals surface area contributed by atoms with Crippen LogP contribution in [0.25, 0.3) is 10.2 Å². The largest absolute Gasteiger partial charge is 0.480 e. The molecular formula is C18H17NO3S. The summed E-state index contributed by atoms with van der Waals surface area (Å²) in [6.07, 6.45) is 1.68. The lowest BCUT2D eigenvalue weighted by Crippen LogP contribution is -2.14. The molecule has 4 nitrogen and oxygen atoms in total. The molecule has 1 aromatic carbocycles. The van der Waals surface area contributed by atoms with E-state index >= 15 is 0 Å². The number of carbonyl (C=O) groups excluding carboxylic acids is 1. The summed E-state index contributed by atoms with van der Waals surface area (Å²) in [5.74, 6) is -0.991. The number of ketones is 1. The summed E-state index contributed by atoms with van der Waals surface area (Å²) < 4.78 is 1.68. The van der Waals surface area contributed by atoms with Crippen LogP contribution >= 0.6 is 11.3 Å². The van der Waals surface area contributed by atoms with Gasteiger partial charge < -0.3 is 9.67 Å². The molecule has 0 radical (unpaired) electrons. The fraction of sp³-hybridized carbons (Fsp3) is 0.222. The third kappa shape index (κ3) is 2.57. The molecule has 0 bridgehead atoms. The summed E-state index contributed by atoms with van der Waals surface area (Å²) in [5, 5.41) is 12.1. The molecule has 2 aromatic heterocycles. The monoisotopic (exact) mass is 327 g/mol. The number of fused-ring (bicyclic) bond motifs is 1. The quantitative estimate of drug-likeness (QED) is 0.731. The molecule has 2 heterocycles. The highest BCUT2D eigenvalue weighted by Crippen LogP contribution is 2.34. The van der Waals surface area contributed by atoms with Crippen LogP contribution in [0.4, 0.5) is 0 Å². The molecule has 3 aromatic rings. The molecule has 23 heavy (non-hydrogen) atoms. The average molecular weight is 327 g/mol. The predicted molar refractivity (Wildman–Crippen MR) is 91.5 cm³/mol. The Hall–Kier alpha value is -2.40. The lowest BCUT2D eigenvalue weighted by Gasteiger charge is -2.08. The van der Waals surface area contributed by atoms with Crippen LogP contribution < -0.4 is 0 Å². The zero-order chi connectivity index (χ0) is 16.7. The number of thiophene rings is 1. The number of aromatic nitrogens is 1. The molecule has 3 rings (SSSR count). The first-order valence-corrected chi connectivity index (χ1v) is 8.21. The van der Waals surface area contributed by atoms with Crippen molar-refractivity contribution in [2.24, 2.45) is 0 Å². The maximum atomic E-state index is 12.9. The van der Waals surface area contributed by atoms with Gasteiger partial charge in [0, 0.05) is 22.7 Å². The van der Waals surface area contributed by atoms with E-state index in [0.29, 0.717) is 11.1 Å². The highest BCUT2D eigenvalue weighted by atomic mass is 32.1. The Morgan fingerprint density at radius 1 is 1.17 bits per heavy atom. The number of hydrogen-bond acceptors (Lipinski definition) is 3. The van der Waals surface area contributed by atoms with Crippen molar-refractivity contribution < 1.29 is 14.7 Å². The van der Waals surface area contributed by atoms with Crippen LogP contribution in [-0.2, 0) is 4.79 Å². The van der Waals surface area contributed by atoms with Gasteiger partial charge in [-0.15, -0.1) is 11.3 Å². The van der Waals surface area contributed by atoms with Gasteiger partial charge in [0.25, 0.3) is 0 Å². The molecule has 0 spiro atoms. The highest BCUT2D eigenvalue weighted by Gasteiger charge is 2.24. The van der Waals surface area contributed by atoms with Crippen LogP contribution in [0.15, 0.2) is 35.8 Å². The van der Waals surface area contributed by atoms with Gasteiger partial charge in [0.1, 0.15) is 10.9 Å².